The van der Waals surface area contributed by atoms with Crippen molar-refractivity contribution in [1.29, 1.82) is 0 Å². The lowest BCUT2D eigenvalue weighted by atomic mass is 9.85. The number of cyclic esters (lactones) is 1. The standard InChI is InChI=1S/C18H22N2O2/c21-17-19-18(16(22-17)12-14-6-7-14)8-10-20(11-9-18)13-15-4-2-1-3-5-15/h1-5,12,14H,6-11,13H2,(H,19,21). The van der Waals surface area contributed by atoms with E-state index in [1.165, 1.54) is 18.4 Å². The molecule has 1 spiro atoms. The van der Waals surface area contributed by atoms with E-state index in [-0.39, 0.29) is 11.6 Å². The number of hydrogen-bond donors (Lipinski definition) is 1. The topological polar surface area (TPSA) is 41.6 Å². The molecule has 0 bridgehead atoms. The summed E-state index contributed by atoms with van der Waals surface area (Å²) in [5.74, 6) is 1.52. The number of carbonyl (C=O) groups is 1. The van der Waals surface area contributed by atoms with Crippen molar-refractivity contribution in [2.45, 2.75) is 37.8 Å². The minimum atomic E-state index is -0.275. The third kappa shape index (κ3) is 2.75. The predicted octanol–water partition coefficient (Wildman–Crippen LogP) is 3.05. The van der Waals surface area contributed by atoms with E-state index in [9.17, 15) is 4.79 Å². The van der Waals surface area contributed by atoms with E-state index in [0.717, 1.165) is 38.2 Å². The smallest absolute Gasteiger partial charge is 0.413 e. The molecule has 2 heterocycles. The number of allylic oxidation sites excluding steroid dienone is 1. The minimum absolute atomic E-state index is 0.243. The van der Waals surface area contributed by atoms with Crippen molar-refractivity contribution in [2.75, 3.05) is 13.1 Å². The van der Waals surface area contributed by atoms with Crippen LogP contribution in [-0.4, -0.2) is 29.6 Å². The summed E-state index contributed by atoms with van der Waals surface area (Å²) in [6.07, 6.45) is 6.25. The zero-order valence-electron chi connectivity index (χ0n) is 12.8. The van der Waals surface area contributed by atoms with Gasteiger partial charge in [0.1, 0.15) is 11.3 Å². The Labute approximate surface area is 131 Å². The van der Waals surface area contributed by atoms with Crippen LogP contribution in [0, 0.1) is 5.92 Å². The molecule has 1 saturated carbocycles. The van der Waals surface area contributed by atoms with Crippen LogP contribution in [0.2, 0.25) is 0 Å². The molecule has 1 N–H and O–H groups in total. The fraction of sp³-hybridized carbons (Fsp3) is 0.500. The second kappa shape index (κ2) is 5.43. The molecule has 22 heavy (non-hydrogen) atoms. The molecule has 4 heteroatoms. The molecule has 4 rings (SSSR count). The first kappa shape index (κ1) is 13.8. The Morgan fingerprint density at radius 2 is 1.95 bits per heavy atom. The summed E-state index contributed by atoms with van der Waals surface area (Å²) in [5, 5.41) is 3.08. The number of rotatable bonds is 3. The molecule has 3 aliphatic rings. The fourth-order valence-corrected chi connectivity index (χ4v) is 3.46. The lowest BCUT2D eigenvalue weighted by Gasteiger charge is -2.38. The van der Waals surface area contributed by atoms with Gasteiger partial charge >= 0.3 is 6.09 Å². The first-order valence-corrected chi connectivity index (χ1v) is 8.22. The predicted molar refractivity (Wildman–Crippen MR) is 84.1 cm³/mol. The van der Waals surface area contributed by atoms with Gasteiger partial charge in [-0.2, -0.15) is 0 Å². The number of piperidine rings is 1. The summed E-state index contributed by atoms with van der Waals surface area (Å²) in [6, 6.07) is 10.6. The van der Waals surface area contributed by atoms with E-state index in [2.05, 4.69) is 46.6 Å². The minimum Gasteiger partial charge on any atom is -0.413 e. The number of nitrogens with one attached hydrogen (secondary N) is 1. The van der Waals surface area contributed by atoms with Crippen molar-refractivity contribution in [1.82, 2.24) is 10.2 Å². The van der Waals surface area contributed by atoms with E-state index in [4.69, 9.17) is 4.74 Å². The Morgan fingerprint density at radius 1 is 1.23 bits per heavy atom. The number of alkyl carbamates (subject to hydrolysis) is 1. The van der Waals surface area contributed by atoms with Crippen LogP contribution in [0.25, 0.3) is 0 Å². The average Bonchev–Trinajstić information content (AvgIpc) is 3.28. The maximum atomic E-state index is 11.7. The number of likely N-dealkylation sites (tertiary alicyclic amines) is 1. The van der Waals surface area contributed by atoms with Gasteiger partial charge in [0.15, 0.2) is 0 Å². The summed E-state index contributed by atoms with van der Waals surface area (Å²) in [4.78, 5) is 14.2. The lowest BCUT2D eigenvalue weighted by Crippen LogP contribution is -2.51. The Balaban J connectivity index is 1.43. The molecule has 2 saturated heterocycles. The second-order valence-corrected chi connectivity index (χ2v) is 6.73. The molecule has 4 nitrogen and oxygen atoms in total. The first-order chi connectivity index (χ1) is 10.7. The van der Waals surface area contributed by atoms with Crippen molar-refractivity contribution in [2.24, 2.45) is 5.92 Å². The summed E-state index contributed by atoms with van der Waals surface area (Å²) >= 11 is 0. The summed E-state index contributed by atoms with van der Waals surface area (Å²) in [6.45, 7) is 2.95. The molecular weight excluding hydrogens is 276 g/mol. The van der Waals surface area contributed by atoms with Crippen molar-refractivity contribution >= 4 is 6.09 Å². The molecule has 1 aromatic rings. The maximum Gasteiger partial charge on any atom is 0.413 e. The number of benzene rings is 1. The van der Waals surface area contributed by atoms with Gasteiger partial charge in [-0.1, -0.05) is 30.3 Å². The maximum absolute atomic E-state index is 11.7. The van der Waals surface area contributed by atoms with Crippen LogP contribution < -0.4 is 5.32 Å². The van der Waals surface area contributed by atoms with Crippen LogP contribution in [-0.2, 0) is 11.3 Å². The number of amides is 1. The Kier molecular flexibility index (Phi) is 3.41. The highest BCUT2D eigenvalue weighted by Crippen LogP contribution is 2.40. The highest BCUT2D eigenvalue weighted by atomic mass is 16.6. The van der Waals surface area contributed by atoms with E-state index >= 15 is 0 Å². The molecule has 2 aliphatic heterocycles. The zero-order valence-corrected chi connectivity index (χ0v) is 12.8. The van der Waals surface area contributed by atoms with Crippen molar-refractivity contribution in [3.63, 3.8) is 0 Å². The fourth-order valence-electron chi connectivity index (χ4n) is 3.46. The van der Waals surface area contributed by atoms with Gasteiger partial charge in [-0.05, 0) is 43.2 Å². The summed E-state index contributed by atoms with van der Waals surface area (Å²) in [5.41, 5.74) is 1.10. The van der Waals surface area contributed by atoms with E-state index < -0.39 is 0 Å². The van der Waals surface area contributed by atoms with Gasteiger partial charge < -0.3 is 10.1 Å². The monoisotopic (exact) mass is 298 g/mol. The quantitative estimate of drug-likeness (QED) is 0.932. The third-order valence-corrected chi connectivity index (χ3v) is 4.98. The third-order valence-electron chi connectivity index (χ3n) is 4.98. The molecule has 0 radical (unpaired) electrons. The second-order valence-electron chi connectivity index (χ2n) is 6.73. The van der Waals surface area contributed by atoms with E-state index in [1.54, 1.807) is 0 Å². The van der Waals surface area contributed by atoms with Crippen molar-refractivity contribution < 1.29 is 9.53 Å². The van der Waals surface area contributed by atoms with E-state index in [1.807, 2.05) is 0 Å². The molecule has 1 aromatic carbocycles. The highest BCUT2D eigenvalue weighted by molar-refractivity contribution is 5.74. The van der Waals surface area contributed by atoms with Gasteiger partial charge in [-0.3, -0.25) is 4.90 Å². The van der Waals surface area contributed by atoms with Gasteiger partial charge in [-0.15, -0.1) is 0 Å². The van der Waals surface area contributed by atoms with Crippen LogP contribution in [0.3, 0.4) is 0 Å². The summed E-state index contributed by atoms with van der Waals surface area (Å²) in [7, 11) is 0. The normalized spacial score (nSPS) is 26.2. The Morgan fingerprint density at radius 3 is 2.64 bits per heavy atom. The lowest BCUT2D eigenvalue weighted by molar-refractivity contribution is 0.156. The SMILES string of the molecule is O=C1NC2(CCN(Cc3ccccc3)CC2)C(=CC2CC2)O1. The number of hydrogen-bond acceptors (Lipinski definition) is 3. The summed E-state index contributed by atoms with van der Waals surface area (Å²) < 4.78 is 5.45. The van der Waals surface area contributed by atoms with Crippen LogP contribution in [0.15, 0.2) is 42.2 Å². The van der Waals surface area contributed by atoms with Gasteiger partial charge in [0.05, 0.1) is 0 Å². The Hall–Kier alpha value is -1.81. The molecule has 3 fully saturated rings. The van der Waals surface area contributed by atoms with Crippen LogP contribution in [0.1, 0.15) is 31.2 Å². The van der Waals surface area contributed by atoms with Gasteiger partial charge in [0.25, 0.3) is 0 Å². The average molecular weight is 298 g/mol. The van der Waals surface area contributed by atoms with Gasteiger partial charge in [-0.25, -0.2) is 4.79 Å². The van der Waals surface area contributed by atoms with Crippen LogP contribution in [0.5, 0.6) is 0 Å². The molecule has 1 amide bonds. The zero-order chi connectivity index (χ0) is 15.0. The molecule has 1 aliphatic carbocycles. The molecule has 116 valence electrons. The highest BCUT2D eigenvalue weighted by Gasteiger charge is 2.47. The molecule has 0 atom stereocenters. The van der Waals surface area contributed by atoms with Crippen molar-refractivity contribution in [3.8, 4) is 0 Å². The first-order valence-electron chi connectivity index (χ1n) is 8.22. The molecular formula is C18H22N2O2. The van der Waals surface area contributed by atoms with Gasteiger partial charge in [0.2, 0.25) is 0 Å². The Bertz CT molecular complexity index is 584. The van der Waals surface area contributed by atoms with Crippen LogP contribution in [0.4, 0.5) is 4.79 Å². The number of ether oxygens (including phenoxy) is 1. The molecule has 0 aromatic heterocycles. The number of carbonyl (C=O) groups excluding carboxylic acids is 1. The number of nitrogens with zero attached hydrogens (tertiary/aromatic N) is 1. The van der Waals surface area contributed by atoms with Crippen molar-refractivity contribution in [3.05, 3.63) is 47.7 Å². The largest absolute Gasteiger partial charge is 0.413 e. The van der Waals surface area contributed by atoms with E-state index in [0.29, 0.717) is 5.92 Å². The van der Waals surface area contributed by atoms with Gasteiger partial charge in [0, 0.05) is 19.6 Å². The van der Waals surface area contributed by atoms with Crippen LogP contribution >= 0.6 is 0 Å². The molecule has 0 unspecified atom stereocenters.